The number of halogens is 1. The number of allylic oxidation sites excluding steroid dienone is 2. The number of carboxylic acids is 1. The minimum absolute atomic E-state index is 0.237. The lowest BCUT2D eigenvalue weighted by Gasteiger charge is -2.28. The van der Waals surface area contributed by atoms with Crippen molar-refractivity contribution in [2.24, 2.45) is 11.8 Å². The molecule has 2 atom stereocenters. The first-order valence-electron chi connectivity index (χ1n) is 5.87. The molecule has 1 heterocycles. The molecule has 0 radical (unpaired) electrons. The van der Waals surface area contributed by atoms with Crippen LogP contribution in [0.1, 0.15) is 12.8 Å². The first-order chi connectivity index (χ1) is 9.09. The number of aliphatic carboxylic acids is 1. The third kappa shape index (κ3) is 3.12. The summed E-state index contributed by atoms with van der Waals surface area (Å²) in [5.41, 5.74) is 0. The Kier molecular flexibility index (Phi) is 4.16. The molecule has 1 aliphatic rings. The van der Waals surface area contributed by atoms with Crippen LogP contribution in [0.3, 0.4) is 0 Å². The summed E-state index contributed by atoms with van der Waals surface area (Å²) in [5, 5.41) is 13.9. The van der Waals surface area contributed by atoms with Crippen LogP contribution >= 0.6 is 11.6 Å². The number of nitrogens with zero attached hydrogens (tertiary/aromatic N) is 1. The fourth-order valence-electron chi connectivity index (χ4n) is 2.05. The van der Waals surface area contributed by atoms with Gasteiger partial charge in [-0.15, -0.1) is 0 Å². The fourth-order valence-corrected chi connectivity index (χ4v) is 2.22. The number of nitrogens with one attached hydrogen (secondary N) is 1. The minimum atomic E-state index is -1.21. The van der Waals surface area contributed by atoms with Gasteiger partial charge < -0.3 is 15.2 Å². The van der Waals surface area contributed by atoms with Crippen LogP contribution in [0.25, 0.3) is 0 Å². The number of carbonyl (C=O) groups excluding carboxylic acids is 2. The Bertz CT molecular complexity index is 530. The van der Waals surface area contributed by atoms with Gasteiger partial charge in [0, 0.05) is 18.1 Å². The van der Waals surface area contributed by atoms with E-state index in [1.54, 1.807) is 24.3 Å². The van der Waals surface area contributed by atoms with E-state index in [1.807, 2.05) is 0 Å². The second-order valence-corrected chi connectivity index (χ2v) is 4.71. The van der Waals surface area contributed by atoms with E-state index < -0.39 is 23.7 Å². The van der Waals surface area contributed by atoms with E-state index in [9.17, 15) is 14.7 Å². The molecule has 2 rings (SSSR count). The number of carboxylic acid groups (broad SMARTS) is 1. The van der Waals surface area contributed by atoms with Crippen molar-refractivity contribution in [2.75, 3.05) is 5.32 Å². The monoisotopic (exact) mass is 279 g/mol. The Morgan fingerprint density at radius 3 is 2.63 bits per heavy atom. The fraction of sp³-hybridized carbons (Fsp3) is 0.308. The smallest absolute Gasteiger partial charge is 0.229 e. The highest BCUT2D eigenvalue weighted by Crippen LogP contribution is 2.27. The number of amides is 1. The molecule has 0 spiro atoms. The number of rotatable bonds is 3. The third-order valence-corrected chi connectivity index (χ3v) is 3.38. The molecule has 1 N–H and O–H groups in total. The van der Waals surface area contributed by atoms with Gasteiger partial charge in [-0.3, -0.25) is 4.79 Å². The summed E-state index contributed by atoms with van der Waals surface area (Å²) in [7, 11) is 0. The van der Waals surface area contributed by atoms with Gasteiger partial charge >= 0.3 is 0 Å². The predicted molar refractivity (Wildman–Crippen MR) is 68.2 cm³/mol. The molecule has 5 nitrogen and oxygen atoms in total. The Hall–Kier alpha value is -1.88. The quantitative estimate of drug-likeness (QED) is 0.837. The average Bonchev–Trinajstić information content (AvgIpc) is 2.41. The molecule has 19 heavy (non-hydrogen) atoms. The number of hydrogen-bond acceptors (Lipinski definition) is 4. The molecular weight excluding hydrogens is 268 g/mol. The van der Waals surface area contributed by atoms with Crippen molar-refractivity contribution in [2.45, 2.75) is 12.8 Å². The molecule has 0 aromatic carbocycles. The van der Waals surface area contributed by atoms with Crippen molar-refractivity contribution in [1.82, 2.24) is 4.98 Å². The Labute approximate surface area is 115 Å². The maximum atomic E-state index is 12.1. The molecule has 6 heteroatoms. The third-order valence-electron chi connectivity index (χ3n) is 3.07. The molecule has 0 unspecified atom stereocenters. The first-order valence-corrected chi connectivity index (χ1v) is 6.24. The maximum absolute atomic E-state index is 12.1. The average molecular weight is 280 g/mol. The zero-order chi connectivity index (χ0) is 13.8. The number of hydrogen-bond donors (Lipinski definition) is 1. The second kappa shape index (κ2) is 5.84. The van der Waals surface area contributed by atoms with Crippen LogP contribution in [0, 0.1) is 11.8 Å². The van der Waals surface area contributed by atoms with Crippen LogP contribution in [0.2, 0.25) is 5.02 Å². The molecule has 0 bridgehead atoms. The predicted octanol–water partition coefficient (Wildman–Crippen LogP) is 1.01. The molecule has 0 saturated heterocycles. The topological polar surface area (TPSA) is 82.1 Å². The van der Waals surface area contributed by atoms with Gasteiger partial charge in [-0.05, 0) is 25.0 Å². The maximum Gasteiger partial charge on any atom is 0.229 e. The highest BCUT2D eigenvalue weighted by Gasteiger charge is 2.30. The van der Waals surface area contributed by atoms with Crippen LogP contribution in [-0.4, -0.2) is 16.9 Å². The van der Waals surface area contributed by atoms with Gasteiger partial charge in [-0.2, -0.15) is 0 Å². The lowest BCUT2D eigenvalue weighted by Crippen LogP contribution is -2.41. The lowest BCUT2D eigenvalue weighted by molar-refractivity contribution is -0.313. The van der Waals surface area contributed by atoms with E-state index in [1.165, 1.54) is 6.20 Å². The zero-order valence-corrected chi connectivity index (χ0v) is 10.8. The van der Waals surface area contributed by atoms with E-state index in [0.29, 0.717) is 17.9 Å². The van der Waals surface area contributed by atoms with Crippen LogP contribution in [0.4, 0.5) is 5.82 Å². The summed E-state index contributed by atoms with van der Waals surface area (Å²) in [6.07, 6.45) is 5.71. The van der Waals surface area contributed by atoms with Crippen molar-refractivity contribution >= 4 is 29.3 Å². The molecule has 100 valence electrons. The van der Waals surface area contributed by atoms with E-state index in [0.717, 1.165) is 0 Å². The van der Waals surface area contributed by atoms with Crippen molar-refractivity contribution in [3.05, 3.63) is 35.5 Å². The van der Waals surface area contributed by atoms with Crippen LogP contribution < -0.4 is 10.4 Å². The van der Waals surface area contributed by atoms with Crippen LogP contribution in [-0.2, 0) is 9.59 Å². The molecule has 0 saturated carbocycles. The van der Waals surface area contributed by atoms with Crippen molar-refractivity contribution in [1.29, 1.82) is 0 Å². The van der Waals surface area contributed by atoms with E-state index in [2.05, 4.69) is 10.3 Å². The van der Waals surface area contributed by atoms with Crippen molar-refractivity contribution < 1.29 is 14.7 Å². The Morgan fingerprint density at radius 1 is 1.32 bits per heavy atom. The molecule has 1 aromatic rings. The van der Waals surface area contributed by atoms with Crippen LogP contribution in [0.15, 0.2) is 30.5 Å². The largest absolute Gasteiger partial charge is 0.550 e. The van der Waals surface area contributed by atoms with Gasteiger partial charge in [0.15, 0.2) is 5.82 Å². The second-order valence-electron chi connectivity index (χ2n) is 4.30. The normalized spacial score (nSPS) is 21.9. The van der Waals surface area contributed by atoms with Gasteiger partial charge in [0.2, 0.25) is 5.91 Å². The van der Waals surface area contributed by atoms with Crippen molar-refractivity contribution in [3.8, 4) is 0 Å². The standard InChI is InChI=1S/C13H13ClN2O3/c14-10-6-3-7-15-11(10)16-12(17)8-4-1-2-5-9(8)13(18)19/h1-3,6-9H,4-5H2,(H,18,19)(H,15,16,17)/p-1/t8-,9-/m0/s1. The Morgan fingerprint density at radius 2 is 2.00 bits per heavy atom. The van der Waals surface area contributed by atoms with Gasteiger partial charge in [0.05, 0.1) is 10.9 Å². The van der Waals surface area contributed by atoms with E-state index in [4.69, 9.17) is 11.6 Å². The number of aromatic nitrogens is 1. The van der Waals surface area contributed by atoms with Gasteiger partial charge in [-0.25, -0.2) is 4.98 Å². The molecular formula is C13H12ClN2O3-. The van der Waals surface area contributed by atoms with E-state index in [-0.39, 0.29) is 5.82 Å². The first kappa shape index (κ1) is 13.5. The molecule has 1 aromatic heterocycles. The lowest BCUT2D eigenvalue weighted by atomic mass is 9.82. The highest BCUT2D eigenvalue weighted by atomic mass is 35.5. The summed E-state index contributed by atoms with van der Waals surface area (Å²) in [6, 6.07) is 3.24. The summed E-state index contributed by atoms with van der Waals surface area (Å²) >= 11 is 5.89. The molecule has 0 aliphatic heterocycles. The SMILES string of the molecule is O=C([O-])[C@H]1CC=CC[C@@H]1C(=O)Nc1ncccc1Cl. The number of anilines is 1. The van der Waals surface area contributed by atoms with Gasteiger partial charge in [0.25, 0.3) is 0 Å². The summed E-state index contributed by atoms with van der Waals surface area (Å²) in [4.78, 5) is 27.1. The number of carbonyl (C=O) groups is 2. The van der Waals surface area contributed by atoms with Gasteiger partial charge in [0.1, 0.15) is 0 Å². The Balaban J connectivity index is 2.13. The summed E-state index contributed by atoms with van der Waals surface area (Å²) < 4.78 is 0. The van der Waals surface area contributed by atoms with Crippen molar-refractivity contribution in [3.63, 3.8) is 0 Å². The highest BCUT2D eigenvalue weighted by molar-refractivity contribution is 6.33. The van der Waals surface area contributed by atoms with Crippen LogP contribution in [0.5, 0.6) is 0 Å². The van der Waals surface area contributed by atoms with E-state index >= 15 is 0 Å². The molecule has 0 fully saturated rings. The zero-order valence-electron chi connectivity index (χ0n) is 10.0. The van der Waals surface area contributed by atoms with Gasteiger partial charge in [-0.1, -0.05) is 23.8 Å². The minimum Gasteiger partial charge on any atom is -0.550 e. The summed E-state index contributed by atoms with van der Waals surface area (Å²) in [6.45, 7) is 0. The molecule has 1 amide bonds. The number of pyridine rings is 1. The summed E-state index contributed by atoms with van der Waals surface area (Å²) in [5.74, 6) is -2.85. The molecule has 1 aliphatic carbocycles.